The summed E-state index contributed by atoms with van der Waals surface area (Å²) in [5.41, 5.74) is 7.84. The molecule has 0 amide bonds. The number of rotatable bonds is 3. The number of nitrogens with one attached hydrogen (secondary N) is 1. The fraction of sp³-hybridized carbons (Fsp3) is 0.467. The summed E-state index contributed by atoms with van der Waals surface area (Å²) in [4.78, 5) is 0. The van der Waals surface area contributed by atoms with Crippen molar-refractivity contribution in [3.63, 3.8) is 0 Å². The van der Waals surface area contributed by atoms with Gasteiger partial charge in [-0.3, -0.25) is 0 Å². The molecule has 3 nitrogen and oxygen atoms in total. The fourth-order valence-corrected chi connectivity index (χ4v) is 3.06. The Morgan fingerprint density at radius 1 is 1.21 bits per heavy atom. The molecule has 1 heterocycles. The molecule has 19 heavy (non-hydrogen) atoms. The van der Waals surface area contributed by atoms with Crippen molar-refractivity contribution >= 4 is 22.6 Å². The maximum Gasteiger partial charge on any atom is 0.199 e. The lowest BCUT2D eigenvalue weighted by molar-refractivity contribution is 0.341. The Morgan fingerprint density at radius 3 is 2.74 bits per heavy atom. The summed E-state index contributed by atoms with van der Waals surface area (Å²) >= 11 is 6.18. The summed E-state index contributed by atoms with van der Waals surface area (Å²) in [5.74, 6) is 0. The van der Waals surface area contributed by atoms with Crippen molar-refractivity contribution in [3.8, 4) is 0 Å². The van der Waals surface area contributed by atoms with Crippen molar-refractivity contribution in [1.29, 1.82) is 0 Å². The first-order chi connectivity index (χ1) is 9.24. The number of hydrogen-bond donors (Lipinski definition) is 2. The largest absolute Gasteiger partial charge is 0.444 e. The minimum absolute atomic E-state index is 0.386. The van der Waals surface area contributed by atoms with Crippen LogP contribution >= 0.6 is 11.6 Å². The number of furan rings is 1. The van der Waals surface area contributed by atoms with Crippen LogP contribution in [-0.4, -0.2) is 12.1 Å². The normalized spacial score (nSPS) is 23.9. The monoisotopic (exact) mass is 278 g/mol. The smallest absolute Gasteiger partial charge is 0.199 e. The van der Waals surface area contributed by atoms with Gasteiger partial charge in [0.2, 0.25) is 0 Å². The third-order valence-corrected chi connectivity index (χ3v) is 4.29. The van der Waals surface area contributed by atoms with Gasteiger partial charge in [0.25, 0.3) is 0 Å². The first-order valence-corrected chi connectivity index (χ1v) is 7.26. The second kappa shape index (κ2) is 5.53. The summed E-state index contributed by atoms with van der Waals surface area (Å²) in [6.45, 7) is 0.760. The van der Waals surface area contributed by atoms with E-state index in [0.29, 0.717) is 17.3 Å². The Balaban J connectivity index is 1.70. The second-order valence-electron chi connectivity index (χ2n) is 5.34. The molecule has 0 bridgehead atoms. The molecule has 102 valence electrons. The SMILES string of the molecule is NC1CCC(NCc2c(Cl)oc3ccccc23)CC1. The van der Waals surface area contributed by atoms with Crippen LogP contribution in [0.4, 0.5) is 0 Å². The lowest BCUT2D eigenvalue weighted by Gasteiger charge is -2.26. The van der Waals surface area contributed by atoms with Crippen LogP contribution in [0.1, 0.15) is 31.2 Å². The summed E-state index contributed by atoms with van der Waals surface area (Å²) in [6, 6.07) is 8.91. The average molecular weight is 279 g/mol. The predicted molar refractivity (Wildman–Crippen MR) is 78.3 cm³/mol. The molecule has 0 saturated heterocycles. The van der Waals surface area contributed by atoms with E-state index in [4.69, 9.17) is 21.8 Å². The number of halogens is 1. The lowest BCUT2D eigenvalue weighted by Crippen LogP contribution is -2.37. The zero-order chi connectivity index (χ0) is 13.2. The third-order valence-electron chi connectivity index (χ3n) is 3.99. The van der Waals surface area contributed by atoms with Gasteiger partial charge in [0.05, 0.1) is 0 Å². The molecule has 4 heteroatoms. The fourth-order valence-electron chi connectivity index (χ4n) is 2.80. The van der Waals surface area contributed by atoms with Crippen LogP contribution in [0, 0.1) is 0 Å². The van der Waals surface area contributed by atoms with E-state index in [-0.39, 0.29) is 0 Å². The minimum Gasteiger partial charge on any atom is -0.444 e. The van der Waals surface area contributed by atoms with Gasteiger partial charge < -0.3 is 15.5 Å². The molecule has 3 N–H and O–H groups in total. The molecular formula is C15H19ClN2O. The Kier molecular flexibility index (Phi) is 3.78. The molecule has 2 aromatic rings. The number of benzene rings is 1. The van der Waals surface area contributed by atoms with Crippen LogP contribution in [-0.2, 0) is 6.54 Å². The summed E-state index contributed by atoms with van der Waals surface area (Å²) < 4.78 is 5.56. The van der Waals surface area contributed by atoms with Crippen molar-refractivity contribution in [2.24, 2.45) is 5.73 Å². The van der Waals surface area contributed by atoms with Gasteiger partial charge in [-0.15, -0.1) is 0 Å². The van der Waals surface area contributed by atoms with Crippen molar-refractivity contribution in [2.45, 2.75) is 44.3 Å². The minimum atomic E-state index is 0.386. The van der Waals surface area contributed by atoms with E-state index in [1.807, 2.05) is 18.2 Å². The standard InChI is InChI=1S/C15H19ClN2O/c16-15-13(12-3-1-2-4-14(12)19-15)9-18-11-7-5-10(17)6-8-11/h1-4,10-11,18H,5-9,17H2. The van der Waals surface area contributed by atoms with E-state index in [1.165, 1.54) is 0 Å². The highest BCUT2D eigenvalue weighted by molar-refractivity contribution is 6.30. The Morgan fingerprint density at radius 2 is 1.95 bits per heavy atom. The highest BCUT2D eigenvalue weighted by atomic mass is 35.5. The Bertz CT molecular complexity index is 558. The van der Waals surface area contributed by atoms with Crippen LogP contribution in [0.25, 0.3) is 11.0 Å². The van der Waals surface area contributed by atoms with E-state index < -0.39 is 0 Å². The molecule has 1 saturated carbocycles. The van der Waals surface area contributed by atoms with E-state index in [1.54, 1.807) is 0 Å². The zero-order valence-electron chi connectivity index (χ0n) is 10.9. The number of hydrogen-bond acceptors (Lipinski definition) is 3. The first kappa shape index (κ1) is 13.0. The quantitative estimate of drug-likeness (QED) is 0.904. The van der Waals surface area contributed by atoms with Crippen molar-refractivity contribution in [2.75, 3.05) is 0 Å². The van der Waals surface area contributed by atoms with E-state index in [0.717, 1.165) is 48.8 Å². The van der Waals surface area contributed by atoms with E-state index in [9.17, 15) is 0 Å². The van der Waals surface area contributed by atoms with Gasteiger partial charge in [-0.25, -0.2) is 0 Å². The third kappa shape index (κ3) is 2.78. The summed E-state index contributed by atoms with van der Waals surface area (Å²) in [7, 11) is 0. The molecule has 1 aliphatic rings. The van der Waals surface area contributed by atoms with E-state index >= 15 is 0 Å². The molecule has 1 fully saturated rings. The van der Waals surface area contributed by atoms with Crippen LogP contribution in [0.5, 0.6) is 0 Å². The van der Waals surface area contributed by atoms with Crippen molar-refractivity contribution < 1.29 is 4.42 Å². The molecule has 0 spiro atoms. The number of fused-ring (bicyclic) bond motifs is 1. The number of nitrogens with two attached hydrogens (primary N) is 1. The lowest BCUT2D eigenvalue weighted by atomic mass is 9.92. The van der Waals surface area contributed by atoms with Gasteiger partial charge in [-0.1, -0.05) is 18.2 Å². The molecule has 0 unspecified atom stereocenters. The van der Waals surface area contributed by atoms with Crippen LogP contribution in [0.3, 0.4) is 0 Å². The van der Waals surface area contributed by atoms with Crippen LogP contribution in [0.2, 0.25) is 5.22 Å². The summed E-state index contributed by atoms with van der Waals surface area (Å²) in [6.07, 6.45) is 4.51. The van der Waals surface area contributed by atoms with Gasteiger partial charge in [-0.2, -0.15) is 0 Å². The van der Waals surface area contributed by atoms with Gasteiger partial charge in [0.1, 0.15) is 5.58 Å². The highest BCUT2D eigenvalue weighted by Gasteiger charge is 2.19. The van der Waals surface area contributed by atoms with Crippen molar-refractivity contribution in [1.82, 2.24) is 5.32 Å². The molecule has 1 aromatic carbocycles. The molecule has 3 rings (SSSR count). The second-order valence-corrected chi connectivity index (χ2v) is 5.69. The van der Waals surface area contributed by atoms with Gasteiger partial charge >= 0.3 is 0 Å². The van der Waals surface area contributed by atoms with Gasteiger partial charge in [0, 0.05) is 29.6 Å². The number of para-hydroxylation sites is 1. The molecule has 0 atom stereocenters. The molecule has 1 aliphatic carbocycles. The maximum atomic E-state index is 6.18. The van der Waals surface area contributed by atoms with E-state index in [2.05, 4.69) is 11.4 Å². The predicted octanol–water partition coefficient (Wildman–Crippen LogP) is 3.45. The van der Waals surface area contributed by atoms with Crippen LogP contribution in [0.15, 0.2) is 28.7 Å². The highest BCUT2D eigenvalue weighted by Crippen LogP contribution is 2.29. The molecule has 0 radical (unpaired) electrons. The Labute approximate surface area is 118 Å². The molecular weight excluding hydrogens is 260 g/mol. The molecule has 1 aromatic heterocycles. The topological polar surface area (TPSA) is 51.2 Å². The zero-order valence-corrected chi connectivity index (χ0v) is 11.6. The average Bonchev–Trinajstić information content (AvgIpc) is 2.74. The maximum absolute atomic E-state index is 6.18. The van der Waals surface area contributed by atoms with Gasteiger partial charge in [0.15, 0.2) is 5.22 Å². The first-order valence-electron chi connectivity index (χ1n) is 6.89. The van der Waals surface area contributed by atoms with Gasteiger partial charge in [-0.05, 0) is 43.4 Å². The Hall–Kier alpha value is -1.03. The molecule has 0 aliphatic heterocycles. The van der Waals surface area contributed by atoms with Crippen molar-refractivity contribution in [3.05, 3.63) is 35.0 Å². The summed E-state index contributed by atoms with van der Waals surface area (Å²) in [5, 5.41) is 5.18. The van der Waals surface area contributed by atoms with Crippen LogP contribution < -0.4 is 11.1 Å².